The summed E-state index contributed by atoms with van der Waals surface area (Å²) in [6.45, 7) is -0.208. The highest BCUT2D eigenvalue weighted by molar-refractivity contribution is 5.89. The molecule has 0 spiro atoms. The lowest BCUT2D eigenvalue weighted by atomic mass is 10.1. The number of rotatable bonds is 5. The van der Waals surface area contributed by atoms with Gasteiger partial charge in [0.1, 0.15) is 12.7 Å². The van der Waals surface area contributed by atoms with Crippen LogP contribution >= 0.6 is 0 Å². The maximum atomic E-state index is 12.2. The van der Waals surface area contributed by atoms with E-state index >= 15 is 0 Å². The Hall–Kier alpha value is -3.44. The summed E-state index contributed by atoms with van der Waals surface area (Å²) < 4.78 is 22.3. The van der Waals surface area contributed by atoms with E-state index < -0.39 is 42.4 Å². The minimum Gasteiger partial charge on any atom is -0.459 e. The second-order valence-electron chi connectivity index (χ2n) is 6.06. The Morgan fingerprint density at radius 1 is 1.18 bits per heavy atom. The molecule has 11 heteroatoms. The highest BCUT2D eigenvalue weighted by atomic mass is 16.8. The van der Waals surface area contributed by atoms with Gasteiger partial charge in [0.05, 0.1) is 5.56 Å². The van der Waals surface area contributed by atoms with Gasteiger partial charge in [0.25, 0.3) is 0 Å². The van der Waals surface area contributed by atoms with Crippen LogP contribution in [-0.4, -0.2) is 51.8 Å². The fourth-order valence-electron chi connectivity index (χ4n) is 3.07. The SMILES string of the molecule is O=C1O[C@@H]2[C@H](O1)C(COC(=O)c1ccccc1)O[C@H]2n1ccc(NO)nc1=O. The monoisotopic (exact) mass is 389 g/mol. The molecule has 2 aliphatic heterocycles. The van der Waals surface area contributed by atoms with E-state index in [1.54, 1.807) is 35.8 Å². The van der Waals surface area contributed by atoms with Crippen molar-refractivity contribution in [3.8, 4) is 0 Å². The van der Waals surface area contributed by atoms with Crippen molar-refractivity contribution in [2.45, 2.75) is 24.5 Å². The molecule has 2 saturated heterocycles. The van der Waals surface area contributed by atoms with Crippen molar-refractivity contribution >= 4 is 17.9 Å². The number of esters is 1. The molecule has 146 valence electrons. The van der Waals surface area contributed by atoms with Crippen molar-refractivity contribution in [2.24, 2.45) is 0 Å². The van der Waals surface area contributed by atoms with Crippen molar-refractivity contribution in [3.63, 3.8) is 0 Å². The second-order valence-corrected chi connectivity index (χ2v) is 6.06. The number of fused-ring (bicyclic) bond motifs is 1. The second kappa shape index (κ2) is 7.29. The molecule has 0 amide bonds. The van der Waals surface area contributed by atoms with Crippen LogP contribution in [-0.2, 0) is 18.9 Å². The average Bonchev–Trinajstić information content (AvgIpc) is 3.24. The van der Waals surface area contributed by atoms with E-state index in [1.807, 2.05) is 0 Å². The predicted octanol–water partition coefficient (Wildman–Crippen LogP) is 0.703. The molecule has 0 saturated carbocycles. The van der Waals surface area contributed by atoms with Crippen LogP contribution in [0, 0.1) is 0 Å². The fourth-order valence-corrected chi connectivity index (χ4v) is 3.07. The van der Waals surface area contributed by atoms with E-state index in [1.165, 1.54) is 12.3 Å². The summed E-state index contributed by atoms with van der Waals surface area (Å²) in [5, 5.41) is 8.83. The molecule has 1 unspecified atom stereocenters. The maximum Gasteiger partial charge on any atom is 0.509 e. The van der Waals surface area contributed by atoms with E-state index in [0.717, 1.165) is 4.57 Å². The summed E-state index contributed by atoms with van der Waals surface area (Å²) in [4.78, 5) is 39.5. The van der Waals surface area contributed by atoms with Crippen molar-refractivity contribution < 1.29 is 33.7 Å². The van der Waals surface area contributed by atoms with Gasteiger partial charge in [0.15, 0.2) is 24.3 Å². The Balaban J connectivity index is 1.51. The summed E-state index contributed by atoms with van der Waals surface area (Å²) in [5.41, 5.74) is 1.38. The van der Waals surface area contributed by atoms with Gasteiger partial charge in [-0.3, -0.25) is 15.3 Å². The summed E-state index contributed by atoms with van der Waals surface area (Å²) in [5.74, 6) is -0.615. The van der Waals surface area contributed by atoms with E-state index in [2.05, 4.69) is 4.98 Å². The Kier molecular flexibility index (Phi) is 4.67. The summed E-state index contributed by atoms with van der Waals surface area (Å²) in [6, 6.07) is 9.70. The molecule has 4 rings (SSSR count). The number of benzene rings is 1. The third-order valence-electron chi connectivity index (χ3n) is 4.36. The molecular weight excluding hydrogens is 374 g/mol. The number of nitrogens with zero attached hydrogens (tertiary/aromatic N) is 2. The summed E-state index contributed by atoms with van der Waals surface area (Å²) in [7, 11) is 0. The number of hydrogen-bond donors (Lipinski definition) is 2. The van der Waals surface area contributed by atoms with E-state index in [4.69, 9.17) is 24.2 Å². The highest BCUT2D eigenvalue weighted by Gasteiger charge is 2.55. The summed E-state index contributed by atoms with van der Waals surface area (Å²) in [6.07, 6.45) is -3.22. The molecular formula is C17H15N3O8. The molecule has 28 heavy (non-hydrogen) atoms. The molecule has 1 aromatic carbocycles. The largest absolute Gasteiger partial charge is 0.509 e. The lowest BCUT2D eigenvalue weighted by Crippen LogP contribution is -2.34. The number of nitrogens with one attached hydrogen (secondary N) is 1. The first-order valence-electron chi connectivity index (χ1n) is 8.31. The number of ether oxygens (including phenoxy) is 4. The molecule has 11 nitrogen and oxygen atoms in total. The van der Waals surface area contributed by atoms with Gasteiger partial charge in [0, 0.05) is 6.20 Å². The van der Waals surface area contributed by atoms with Gasteiger partial charge < -0.3 is 18.9 Å². The normalized spacial score (nSPS) is 25.5. The van der Waals surface area contributed by atoms with Crippen LogP contribution in [0.5, 0.6) is 0 Å². The predicted molar refractivity (Wildman–Crippen MR) is 89.7 cm³/mol. The van der Waals surface area contributed by atoms with Crippen LogP contribution in [0.2, 0.25) is 0 Å². The third-order valence-corrected chi connectivity index (χ3v) is 4.36. The first-order chi connectivity index (χ1) is 13.6. The van der Waals surface area contributed by atoms with Gasteiger partial charge in [-0.2, -0.15) is 4.98 Å². The average molecular weight is 389 g/mol. The van der Waals surface area contributed by atoms with Crippen molar-refractivity contribution in [3.05, 3.63) is 58.6 Å². The fraction of sp³-hybridized carbons (Fsp3) is 0.294. The quantitative estimate of drug-likeness (QED) is 0.555. The number of carbonyl (C=O) groups excluding carboxylic acids is 2. The number of aromatic nitrogens is 2. The molecule has 3 heterocycles. The van der Waals surface area contributed by atoms with Gasteiger partial charge in [-0.15, -0.1) is 0 Å². The Morgan fingerprint density at radius 3 is 2.64 bits per heavy atom. The summed E-state index contributed by atoms with van der Waals surface area (Å²) >= 11 is 0. The zero-order valence-corrected chi connectivity index (χ0v) is 14.3. The first-order valence-corrected chi connectivity index (χ1v) is 8.31. The number of anilines is 1. The molecule has 0 bridgehead atoms. The third kappa shape index (κ3) is 3.28. The zero-order valence-electron chi connectivity index (χ0n) is 14.3. The Bertz CT molecular complexity index is 947. The minimum atomic E-state index is -1.02. The zero-order chi connectivity index (χ0) is 19.7. The molecule has 2 aliphatic rings. The molecule has 2 N–H and O–H groups in total. The Morgan fingerprint density at radius 2 is 1.93 bits per heavy atom. The molecule has 2 fully saturated rings. The van der Waals surface area contributed by atoms with Crippen molar-refractivity contribution in [1.29, 1.82) is 0 Å². The van der Waals surface area contributed by atoms with Crippen LogP contribution < -0.4 is 11.2 Å². The minimum absolute atomic E-state index is 0.0520. The van der Waals surface area contributed by atoms with Crippen molar-refractivity contribution in [1.82, 2.24) is 9.55 Å². The lowest BCUT2D eigenvalue weighted by molar-refractivity contribution is -0.0769. The number of carbonyl (C=O) groups is 2. The molecule has 2 aromatic rings. The molecule has 0 aliphatic carbocycles. The highest BCUT2D eigenvalue weighted by Crippen LogP contribution is 2.37. The van der Waals surface area contributed by atoms with Crippen molar-refractivity contribution in [2.75, 3.05) is 12.1 Å². The lowest BCUT2D eigenvalue weighted by Gasteiger charge is -2.18. The van der Waals surface area contributed by atoms with Gasteiger partial charge in [-0.05, 0) is 18.2 Å². The smallest absolute Gasteiger partial charge is 0.459 e. The molecule has 1 aromatic heterocycles. The van der Waals surface area contributed by atoms with Gasteiger partial charge in [0.2, 0.25) is 0 Å². The van der Waals surface area contributed by atoms with Crippen LogP contribution in [0.1, 0.15) is 16.6 Å². The van der Waals surface area contributed by atoms with E-state index in [9.17, 15) is 14.4 Å². The standard InChI is InChI=1S/C17H15N3O8/c21-15(9-4-2-1-3-5-9)25-8-10-12-13(28-17(23)27-12)14(26-10)20-7-6-11(19-24)18-16(20)22/h1-7,10,12-14,24H,8H2,(H,18,19,22)/t10?,12-,13-,14-/m1/s1. The van der Waals surface area contributed by atoms with Crippen LogP contribution in [0.25, 0.3) is 0 Å². The Labute approximate surface area is 157 Å². The molecule has 0 radical (unpaired) electrons. The maximum absolute atomic E-state index is 12.2. The van der Waals surface area contributed by atoms with Gasteiger partial charge >= 0.3 is 17.8 Å². The van der Waals surface area contributed by atoms with Crippen LogP contribution in [0.3, 0.4) is 0 Å². The van der Waals surface area contributed by atoms with Gasteiger partial charge in [-0.25, -0.2) is 14.4 Å². The van der Waals surface area contributed by atoms with Crippen LogP contribution in [0.15, 0.2) is 47.4 Å². The van der Waals surface area contributed by atoms with E-state index in [-0.39, 0.29) is 12.4 Å². The first kappa shape index (κ1) is 17.9. The topological polar surface area (TPSA) is 138 Å². The molecule has 4 atom stereocenters. The van der Waals surface area contributed by atoms with E-state index in [0.29, 0.717) is 5.56 Å². The van der Waals surface area contributed by atoms with Crippen LogP contribution in [0.4, 0.5) is 10.6 Å². The van der Waals surface area contributed by atoms with Gasteiger partial charge in [-0.1, -0.05) is 18.2 Å². The number of hydrogen-bond acceptors (Lipinski definition) is 10.